The average Bonchev–Trinajstić information content (AvgIpc) is 2.82. The van der Waals surface area contributed by atoms with Crippen LogP contribution in [-0.2, 0) is 0 Å². The van der Waals surface area contributed by atoms with Gasteiger partial charge in [-0.2, -0.15) is 10.2 Å². The number of anilines is 1. The van der Waals surface area contributed by atoms with Gasteiger partial charge in [-0.15, -0.1) is 0 Å². The van der Waals surface area contributed by atoms with Crippen LogP contribution in [0.15, 0.2) is 18.2 Å². The highest BCUT2D eigenvalue weighted by atomic mass is 19.1. The molecule has 3 rings (SSSR count). The lowest BCUT2D eigenvalue weighted by Crippen LogP contribution is -2.01. The summed E-state index contributed by atoms with van der Waals surface area (Å²) in [7, 11) is 0. The number of hydrogen-bond donors (Lipinski definition) is 2. The van der Waals surface area contributed by atoms with E-state index in [0.717, 1.165) is 12.1 Å². The normalized spacial score (nSPS) is 11.3. The van der Waals surface area contributed by atoms with Crippen molar-refractivity contribution >= 4 is 16.9 Å². The van der Waals surface area contributed by atoms with E-state index in [0.29, 0.717) is 22.5 Å². The van der Waals surface area contributed by atoms with E-state index < -0.39 is 11.6 Å². The number of aromatic amines is 1. The number of aromatic nitrogens is 4. The first kappa shape index (κ1) is 10.7. The molecule has 5 nitrogen and oxygen atoms in total. The molecular formula is C11H9F2N5. The molecule has 0 aliphatic heterocycles. The molecule has 0 bridgehead atoms. The van der Waals surface area contributed by atoms with Gasteiger partial charge in [-0.05, 0) is 19.1 Å². The van der Waals surface area contributed by atoms with Crippen LogP contribution in [0.4, 0.5) is 14.6 Å². The van der Waals surface area contributed by atoms with Crippen LogP contribution < -0.4 is 5.73 Å². The summed E-state index contributed by atoms with van der Waals surface area (Å²) >= 11 is 0. The second-order valence-corrected chi connectivity index (χ2v) is 3.93. The highest BCUT2D eigenvalue weighted by Gasteiger charge is 2.17. The van der Waals surface area contributed by atoms with Gasteiger partial charge in [0.25, 0.3) is 0 Å². The number of rotatable bonds is 1. The van der Waals surface area contributed by atoms with E-state index in [4.69, 9.17) is 5.73 Å². The Morgan fingerprint density at radius 3 is 2.83 bits per heavy atom. The Balaban J connectivity index is 2.32. The topological polar surface area (TPSA) is 72.5 Å². The predicted octanol–water partition coefficient (Wildman–Crippen LogP) is 1.92. The first-order valence-electron chi connectivity index (χ1n) is 5.22. The maximum Gasteiger partial charge on any atom is 0.186 e. The van der Waals surface area contributed by atoms with Crippen LogP contribution in [0.2, 0.25) is 0 Å². The van der Waals surface area contributed by atoms with E-state index in [9.17, 15) is 8.78 Å². The number of nitrogens with two attached hydrogens (primary N) is 1. The minimum Gasteiger partial charge on any atom is -0.383 e. The van der Waals surface area contributed by atoms with Crippen molar-refractivity contribution in [2.45, 2.75) is 6.92 Å². The Labute approximate surface area is 100 Å². The van der Waals surface area contributed by atoms with Crippen molar-refractivity contribution in [3.05, 3.63) is 35.5 Å². The minimum atomic E-state index is -0.707. The molecule has 0 unspecified atom stereocenters. The highest BCUT2D eigenvalue weighted by Crippen LogP contribution is 2.25. The van der Waals surface area contributed by atoms with Crippen LogP contribution in [0, 0.1) is 18.6 Å². The van der Waals surface area contributed by atoms with Crippen molar-refractivity contribution in [1.82, 2.24) is 20.0 Å². The van der Waals surface area contributed by atoms with Crippen molar-refractivity contribution in [2.24, 2.45) is 0 Å². The molecule has 3 N–H and O–H groups in total. The first-order chi connectivity index (χ1) is 8.58. The third-order valence-corrected chi connectivity index (χ3v) is 2.73. The number of fused-ring (bicyclic) bond motifs is 1. The number of benzene rings is 1. The molecule has 0 radical (unpaired) electrons. The number of H-pyrrole nitrogens is 1. The molecule has 0 fully saturated rings. The van der Waals surface area contributed by atoms with Crippen molar-refractivity contribution < 1.29 is 8.78 Å². The summed E-state index contributed by atoms with van der Waals surface area (Å²) in [5.74, 6) is -0.977. The van der Waals surface area contributed by atoms with Crippen molar-refractivity contribution in [1.29, 1.82) is 0 Å². The Morgan fingerprint density at radius 2 is 2.11 bits per heavy atom. The summed E-state index contributed by atoms with van der Waals surface area (Å²) in [6.07, 6.45) is 0. The lowest BCUT2D eigenvalue weighted by molar-refractivity contribution is 0.574. The highest BCUT2D eigenvalue weighted by molar-refractivity contribution is 5.89. The van der Waals surface area contributed by atoms with Gasteiger partial charge in [-0.25, -0.2) is 13.5 Å². The Morgan fingerprint density at radius 1 is 1.33 bits per heavy atom. The van der Waals surface area contributed by atoms with Gasteiger partial charge in [-0.3, -0.25) is 5.10 Å². The fourth-order valence-corrected chi connectivity index (χ4v) is 1.92. The van der Waals surface area contributed by atoms with Gasteiger partial charge >= 0.3 is 0 Å². The fourth-order valence-electron chi connectivity index (χ4n) is 1.92. The summed E-state index contributed by atoms with van der Waals surface area (Å²) in [6, 6.07) is 3.27. The van der Waals surface area contributed by atoms with E-state index in [2.05, 4.69) is 15.3 Å². The summed E-state index contributed by atoms with van der Waals surface area (Å²) in [5, 5.41) is 11.4. The van der Waals surface area contributed by atoms with Crippen LogP contribution in [-0.4, -0.2) is 20.0 Å². The molecule has 2 aromatic heterocycles. The third-order valence-electron chi connectivity index (χ3n) is 2.73. The lowest BCUT2D eigenvalue weighted by atomic mass is 10.3. The first-order valence-corrected chi connectivity index (χ1v) is 5.22. The van der Waals surface area contributed by atoms with Gasteiger partial charge in [0.2, 0.25) is 0 Å². The van der Waals surface area contributed by atoms with Crippen LogP contribution in [0.3, 0.4) is 0 Å². The van der Waals surface area contributed by atoms with Gasteiger partial charge < -0.3 is 5.73 Å². The number of halogens is 2. The smallest absolute Gasteiger partial charge is 0.186 e. The maximum atomic E-state index is 13.7. The van der Waals surface area contributed by atoms with Crippen LogP contribution in [0.25, 0.3) is 16.7 Å². The lowest BCUT2D eigenvalue weighted by Gasteiger charge is -2.02. The van der Waals surface area contributed by atoms with E-state index >= 15 is 0 Å². The molecule has 18 heavy (non-hydrogen) atoms. The van der Waals surface area contributed by atoms with Gasteiger partial charge in [0.05, 0.1) is 11.1 Å². The number of nitrogens with zero attached hydrogens (tertiary/aromatic N) is 3. The summed E-state index contributed by atoms with van der Waals surface area (Å²) in [4.78, 5) is 0. The molecule has 3 aromatic rings. The molecule has 0 spiro atoms. The molecule has 0 saturated heterocycles. The molecule has 2 heterocycles. The van der Waals surface area contributed by atoms with Crippen molar-refractivity contribution in [2.75, 3.05) is 5.73 Å². The predicted molar refractivity (Wildman–Crippen MR) is 62.3 cm³/mol. The minimum absolute atomic E-state index is 0.126. The van der Waals surface area contributed by atoms with E-state index in [1.807, 2.05) is 0 Å². The molecule has 92 valence electrons. The number of hydrogen-bond acceptors (Lipinski definition) is 3. The standard InChI is InChI=1S/C11H9F2N5/c1-5-9-10(14)15-16-11(9)18(17-5)8-3-2-6(12)4-7(8)13/h2-4H,1H3,(H3,14,15,16). The third kappa shape index (κ3) is 1.37. The van der Waals surface area contributed by atoms with Crippen molar-refractivity contribution in [3.63, 3.8) is 0 Å². The molecular weight excluding hydrogens is 240 g/mol. The monoisotopic (exact) mass is 249 g/mol. The zero-order valence-electron chi connectivity index (χ0n) is 9.41. The Kier molecular flexibility index (Phi) is 2.09. The number of nitrogens with one attached hydrogen (secondary N) is 1. The Hall–Kier alpha value is -2.44. The zero-order valence-corrected chi connectivity index (χ0v) is 9.41. The second-order valence-electron chi connectivity index (χ2n) is 3.93. The largest absolute Gasteiger partial charge is 0.383 e. The van der Waals surface area contributed by atoms with E-state index in [1.54, 1.807) is 6.92 Å². The molecule has 0 saturated carbocycles. The van der Waals surface area contributed by atoms with Crippen LogP contribution in [0.5, 0.6) is 0 Å². The van der Waals surface area contributed by atoms with Crippen molar-refractivity contribution in [3.8, 4) is 5.69 Å². The maximum absolute atomic E-state index is 13.7. The molecule has 7 heteroatoms. The summed E-state index contributed by atoms with van der Waals surface area (Å²) in [5.41, 5.74) is 6.87. The molecule has 0 aliphatic rings. The summed E-state index contributed by atoms with van der Waals surface area (Å²) < 4.78 is 27.9. The van der Waals surface area contributed by atoms with Crippen LogP contribution in [0.1, 0.15) is 5.69 Å². The fraction of sp³-hybridized carbons (Fsp3) is 0.0909. The molecule has 1 aromatic carbocycles. The van der Waals surface area contributed by atoms with Gasteiger partial charge in [0.15, 0.2) is 11.5 Å². The molecule has 0 atom stereocenters. The second kappa shape index (κ2) is 3.52. The van der Waals surface area contributed by atoms with Gasteiger partial charge in [-0.1, -0.05) is 0 Å². The molecule has 0 aliphatic carbocycles. The number of aryl methyl sites for hydroxylation is 1. The van der Waals surface area contributed by atoms with E-state index in [-0.39, 0.29) is 5.69 Å². The quantitative estimate of drug-likeness (QED) is 0.692. The van der Waals surface area contributed by atoms with E-state index in [1.165, 1.54) is 10.7 Å². The van der Waals surface area contributed by atoms with Crippen LogP contribution >= 0.6 is 0 Å². The SMILES string of the molecule is Cc1nn(-c2ccc(F)cc2F)c2n[nH]c(N)c12. The summed E-state index contributed by atoms with van der Waals surface area (Å²) in [6.45, 7) is 1.74. The zero-order chi connectivity index (χ0) is 12.9. The average molecular weight is 249 g/mol. The Bertz CT molecular complexity index is 743. The molecule has 0 amide bonds. The van der Waals surface area contributed by atoms with Gasteiger partial charge in [0.1, 0.15) is 17.3 Å². The number of nitrogen functional groups attached to an aromatic ring is 1. The van der Waals surface area contributed by atoms with Gasteiger partial charge in [0, 0.05) is 6.07 Å².